The van der Waals surface area contributed by atoms with E-state index in [1.54, 1.807) is 0 Å². The molecule has 20 heavy (non-hydrogen) atoms. The molecular formula is C15H19N3O2. The van der Waals surface area contributed by atoms with Gasteiger partial charge in [-0.3, -0.25) is 4.68 Å². The minimum absolute atomic E-state index is 0.224. The molecule has 5 heteroatoms. The summed E-state index contributed by atoms with van der Waals surface area (Å²) in [5.41, 5.74) is 9.29. The number of benzene rings is 1. The van der Waals surface area contributed by atoms with Crippen LogP contribution in [0, 0.1) is 6.92 Å². The van der Waals surface area contributed by atoms with Gasteiger partial charge in [0.25, 0.3) is 0 Å². The molecule has 0 spiro atoms. The van der Waals surface area contributed by atoms with Gasteiger partial charge in [-0.05, 0) is 30.7 Å². The van der Waals surface area contributed by atoms with Gasteiger partial charge < -0.3 is 15.2 Å². The summed E-state index contributed by atoms with van der Waals surface area (Å²) in [4.78, 5) is 0. The molecule has 0 aliphatic carbocycles. The molecule has 0 bridgehead atoms. The standard InChI is InChI=1S/C15H19N3O2/c1-10-8-12(18(2)17-10)15(16)11-4-5-13-14(9-11)20-7-3-6-19-13/h4-5,8-9,15H,3,6-7,16H2,1-2H3. The van der Waals surface area contributed by atoms with E-state index in [1.807, 2.05) is 42.9 Å². The maximum atomic E-state index is 6.35. The van der Waals surface area contributed by atoms with Gasteiger partial charge in [0.05, 0.1) is 30.6 Å². The fourth-order valence-electron chi connectivity index (χ4n) is 2.47. The Morgan fingerprint density at radius 3 is 2.65 bits per heavy atom. The first-order valence-corrected chi connectivity index (χ1v) is 6.81. The maximum absolute atomic E-state index is 6.35. The third kappa shape index (κ3) is 2.36. The predicted molar refractivity (Wildman–Crippen MR) is 76.0 cm³/mol. The molecule has 1 unspecified atom stereocenters. The van der Waals surface area contributed by atoms with Crippen molar-refractivity contribution >= 4 is 0 Å². The highest BCUT2D eigenvalue weighted by Gasteiger charge is 2.17. The predicted octanol–water partition coefficient (Wildman–Crippen LogP) is 1.94. The van der Waals surface area contributed by atoms with Gasteiger partial charge in [-0.25, -0.2) is 0 Å². The molecule has 5 nitrogen and oxygen atoms in total. The van der Waals surface area contributed by atoms with E-state index in [0.29, 0.717) is 13.2 Å². The van der Waals surface area contributed by atoms with E-state index >= 15 is 0 Å². The Hall–Kier alpha value is -2.01. The topological polar surface area (TPSA) is 62.3 Å². The van der Waals surface area contributed by atoms with Gasteiger partial charge >= 0.3 is 0 Å². The van der Waals surface area contributed by atoms with Crippen molar-refractivity contribution in [3.63, 3.8) is 0 Å². The second kappa shape index (κ2) is 5.17. The fourth-order valence-corrected chi connectivity index (χ4v) is 2.47. The van der Waals surface area contributed by atoms with Crippen molar-refractivity contribution in [1.29, 1.82) is 0 Å². The van der Waals surface area contributed by atoms with Crippen LogP contribution >= 0.6 is 0 Å². The number of aromatic nitrogens is 2. The number of hydrogen-bond acceptors (Lipinski definition) is 4. The highest BCUT2D eigenvalue weighted by atomic mass is 16.5. The molecule has 1 aliphatic heterocycles. The van der Waals surface area contributed by atoms with Crippen molar-refractivity contribution in [1.82, 2.24) is 9.78 Å². The number of fused-ring (bicyclic) bond motifs is 1. The minimum Gasteiger partial charge on any atom is -0.490 e. The lowest BCUT2D eigenvalue weighted by Gasteiger charge is -2.15. The molecule has 3 rings (SSSR count). The molecule has 0 saturated heterocycles. The molecule has 2 heterocycles. The third-order valence-corrected chi connectivity index (χ3v) is 3.49. The number of aryl methyl sites for hydroxylation is 2. The van der Waals surface area contributed by atoms with Crippen LogP contribution in [-0.2, 0) is 7.05 Å². The molecule has 0 radical (unpaired) electrons. The molecule has 1 aromatic carbocycles. The summed E-state index contributed by atoms with van der Waals surface area (Å²) >= 11 is 0. The van der Waals surface area contributed by atoms with E-state index < -0.39 is 0 Å². The SMILES string of the molecule is Cc1cc(C(N)c2ccc3c(c2)OCCCO3)n(C)n1. The van der Waals surface area contributed by atoms with Crippen LogP contribution in [0.5, 0.6) is 11.5 Å². The molecule has 2 aromatic rings. The Bertz CT molecular complexity index is 622. The summed E-state index contributed by atoms with van der Waals surface area (Å²) < 4.78 is 13.2. The smallest absolute Gasteiger partial charge is 0.161 e. The van der Waals surface area contributed by atoms with Crippen molar-refractivity contribution in [2.45, 2.75) is 19.4 Å². The van der Waals surface area contributed by atoms with Crippen LogP contribution < -0.4 is 15.2 Å². The van der Waals surface area contributed by atoms with E-state index in [1.165, 1.54) is 0 Å². The Morgan fingerprint density at radius 1 is 1.20 bits per heavy atom. The van der Waals surface area contributed by atoms with E-state index in [2.05, 4.69) is 5.10 Å². The average molecular weight is 273 g/mol. The minimum atomic E-state index is -0.224. The number of ether oxygens (including phenoxy) is 2. The number of nitrogens with zero attached hydrogens (tertiary/aromatic N) is 2. The first-order chi connectivity index (χ1) is 9.65. The van der Waals surface area contributed by atoms with Crippen molar-refractivity contribution in [3.05, 3.63) is 41.2 Å². The van der Waals surface area contributed by atoms with Crippen molar-refractivity contribution in [3.8, 4) is 11.5 Å². The summed E-state index contributed by atoms with van der Waals surface area (Å²) in [5.74, 6) is 1.56. The third-order valence-electron chi connectivity index (χ3n) is 3.49. The second-order valence-corrected chi connectivity index (χ2v) is 5.07. The molecule has 106 valence electrons. The molecule has 2 N–H and O–H groups in total. The average Bonchev–Trinajstić information content (AvgIpc) is 2.65. The molecular weight excluding hydrogens is 254 g/mol. The quantitative estimate of drug-likeness (QED) is 0.908. The number of rotatable bonds is 2. The summed E-state index contributed by atoms with van der Waals surface area (Å²) in [7, 11) is 1.91. The zero-order valence-electron chi connectivity index (χ0n) is 11.8. The zero-order chi connectivity index (χ0) is 14.1. The van der Waals surface area contributed by atoms with Gasteiger partial charge in [-0.2, -0.15) is 5.10 Å². The second-order valence-electron chi connectivity index (χ2n) is 5.07. The van der Waals surface area contributed by atoms with Gasteiger partial charge in [0.15, 0.2) is 11.5 Å². The molecule has 0 fully saturated rings. The number of nitrogens with two attached hydrogens (primary N) is 1. The fraction of sp³-hybridized carbons (Fsp3) is 0.400. The Kier molecular flexibility index (Phi) is 3.36. The van der Waals surface area contributed by atoms with Crippen molar-refractivity contribution in [2.24, 2.45) is 12.8 Å². The van der Waals surface area contributed by atoms with E-state index in [4.69, 9.17) is 15.2 Å². The Labute approximate surface area is 118 Å². The van der Waals surface area contributed by atoms with Crippen LogP contribution in [0.25, 0.3) is 0 Å². The highest BCUT2D eigenvalue weighted by molar-refractivity contribution is 5.45. The largest absolute Gasteiger partial charge is 0.490 e. The Morgan fingerprint density at radius 2 is 1.95 bits per heavy atom. The summed E-state index contributed by atoms with van der Waals surface area (Å²) in [6.45, 7) is 3.33. The van der Waals surface area contributed by atoms with Crippen LogP contribution in [0.4, 0.5) is 0 Å². The molecule has 0 amide bonds. The normalized spacial score (nSPS) is 15.8. The van der Waals surface area contributed by atoms with E-state index in [9.17, 15) is 0 Å². The molecule has 1 aromatic heterocycles. The van der Waals surface area contributed by atoms with Crippen LogP contribution in [0.1, 0.15) is 29.4 Å². The van der Waals surface area contributed by atoms with E-state index in [-0.39, 0.29) is 6.04 Å². The van der Waals surface area contributed by atoms with Crippen LogP contribution in [0.3, 0.4) is 0 Å². The molecule has 0 saturated carbocycles. The molecule has 1 aliphatic rings. The van der Waals surface area contributed by atoms with Gasteiger partial charge in [-0.1, -0.05) is 6.07 Å². The highest BCUT2D eigenvalue weighted by Crippen LogP contribution is 2.33. The lowest BCUT2D eigenvalue weighted by molar-refractivity contribution is 0.297. The van der Waals surface area contributed by atoms with Crippen LogP contribution in [0.15, 0.2) is 24.3 Å². The van der Waals surface area contributed by atoms with Gasteiger partial charge in [0.2, 0.25) is 0 Å². The van der Waals surface area contributed by atoms with Crippen molar-refractivity contribution in [2.75, 3.05) is 13.2 Å². The van der Waals surface area contributed by atoms with Crippen LogP contribution in [0.2, 0.25) is 0 Å². The lowest BCUT2D eigenvalue weighted by Crippen LogP contribution is -2.16. The first kappa shape index (κ1) is 13.0. The van der Waals surface area contributed by atoms with Gasteiger partial charge in [-0.15, -0.1) is 0 Å². The monoisotopic (exact) mass is 273 g/mol. The lowest BCUT2D eigenvalue weighted by atomic mass is 10.0. The number of hydrogen-bond donors (Lipinski definition) is 1. The zero-order valence-corrected chi connectivity index (χ0v) is 11.8. The summed E-state index contributed by atoms with van der Waals surface area (Å²) in [5, 5.41) is 4.34. The summed E-state index contributed by atoms with van der Waals surface area (Å²) in [6, 6.07) is 7.67. The van der Waals surface area contributed by atoms with E-state index in [0.717, 1.165) is 34.9 Å². The first-order valence-electron chi connectivity index (χ1n) is 6.81. The van der Waals surface area contributed by atoms with Crippen molar-refractivity contribution < 1.29 is 9.47 Å². The summed E-state index contributed by atoms with van der Waals surface area (Å²) in [6.07, 6.45) is 0.900. The van der Waals surface area contributed by atoms with Gasteiger partial charge in [0.1, 0.15) is 0 Å². The maximum Gasteiger partial charge on any atom is 0.161 e. The van der Waals surface area contributed by atoms with Gasteiger partial charge in [0, 0.05) is 13.5 Å². The molecule has 1 atom stereocenters. The van der Waals surface area contributed by atoms with Crippen LogP contribution in [-0.4, -0.2) is 23.0 Å². The Balaban J connectivity index is 1.94.